The molecule has 0 aliphatic carbocycles. The highest BCUT2D eigenvalue weighted by atomic mass is 16.5. The fraction of sp³-hybridized carbons (Fsp3) is 0.0690. The summed E-state index contributed by atoms with van der Waals surface area (Å²) < 4.78 is 10.7. The molecule has 168 valence electrons. The zero-order valence-corrected chi connectivity index (χ0v) is 18.8. The Balaban J connectivity index is 1.96. The molecule has 4 aromatic rings. The summed E-state index contributed by atoms with van der Waals surface area (Å²) in [5.74, 6) is -0.518. The van der Waals surface area contributed by atoms with Crippen LogP contribution in [0.4, 0.5) is 0 Å². The van der Waals surface area contributed by atoms with Gasteiger partial charge in [0.05, 0.1) is 25.3 Å². The van der Waals surface area contributed by atoms with E-state index in [4.69, 9.17) is 9.47 Å². The van der Waals surface area contributed by atoms with Crippen molar-refractivity contribution in [1.82, 2.24) is 0 Å². The van der Waals surface area contributed by atoms with Crippen molar-refractivity contribution in [2.24, 2.45) is 0 Å². The number of carbonyl (C=O) groups excluding carboxylic acids is 3. The number of methoxy groups -OCH3 is 2. The Morgan fingerprint density at radius 3 is 1.47 bits per heavy atom. The minimum absolute atomic E-state index is 0.0248. The van der Waals surface area contributed by atoms with E-state index in [1.54, 1.807) is 97.1 Å². The summed E-state index contributed by atoms with van der Waals surface area (Å²) in [4.78, 5) is 41.0. The molecule has 0 bridgehead atoms. The fourth-order valence-electron chi connectivity index (χ4n) is 3.86. The second-order valence-corrected chi connectivity index (χ2v) is 7.48. The Bertz CT molecular complexity index is 1370. The minimum atomic E-state index is -0.476. The van der Waals surface area contributed by atoms with Crippen LogP contribution in [0.5, 0.6) is 11.5 Å². The van der Waals surface area contributed by atoms with E-state index < -0.39 is 11.6 Å². The summed E-state index contributed by atoms with van der Waals surface area (Å²) >= 11 is 0. The van der Waals surface area contributed by atoms with E-state index in [9.17, 15) is 14.4 Å². The van der Waals surface area contributed by atoms with E-state index in [1.165, 1.54) is 14.2 Å². The molecule has 5 nitrogen and oxygen atoms in total. The first-order chi connectivity index (χ1) is 16.6. The topological polar surface area (TPSA) is 69.7 Å². The van der Waals surface area contributed by atoms with Crippen LogP contribution in [0, 0.1) is 0 Å². The first kappa shape index (κ1) is 22.7. The predicted octanol–water partition coefficient (Wildman–Crippen LogP) is 5.40. The predicted molar refractivity (Wildman–Crippen MR) is 129 cm³/mol. The summed E-state index contributed by atoms with van der Waals surface area (Å²) in [6.07, 6.45) is 0. The second kappa shape index (κ2) is 9.96. The van der Waals surface area contributed by atoms with Crippen LogP contribution in [0.25, 0.3) is 0 Å². The molecule has 0 saturated heterocycles. The lowest BCUT2D eigenvalue weighted by atomic mass is 9.86. The molecular weight excluding hydrogens is 428 g/mol. The van der Waals surface area contributed by atoms with E-state index in [0.717, 1.165) is 0 Å². The maximum atomic E-state index is 13.9. The van der Waals surface area contributed by atoms with Crippen molar-refractivity contribution in [3.8, 4) is 11.5 Å². The molecule has 0 amide bonds. The zero-order valence-electron chi connectivity index (χ0n) is 18.8. The van der Waals surface area contributed by atoms with Gasteiger partial charge in [-0.15, -0.1) is 0 Å². The molecule has 0 unspecified atom stereocenters. The molecule has 0 spiro atoms. The lowest BCUT2D eigenvalue weighted by Crippen LogP contribution is -2.18. The summed E-state index contributed by atoms with van der Waals surface area (Å²) in [6.45, 7) is 0. The number of ketones is 3. The van der Waals surface area contributed by atoms with Gasteiger partial charge >= 0.3 is 0 Å². The summed E-state index contributed by atoms with van der Waals surface area (Å²) in [7, 11) is 2.94. The van der Waals surface area contributed by atoms with E-state index in [-0.39, 0.29) is 28.0 Å². The van der Waals surface area contributed by atoms with Crippen molar-refractivity contribution in [3.63, 3.8) is 0 Å². The second-order valence-electron chi connectivity index (χ2n) is 7.48. The SMILES string of the molecule is COc1ccccc1C(=O)c1cccc(C(=O)c2ccccc2)c1C(=O)c1ccccc1OC. The third kappa shape index (κ3) is 4.24. The van der Waals surface area contributed by atoms with Gasteiger partial charge in [-0.2, -0.15) is 0 Å². The molecule has 34 heavy (non-hydrogen) atoms. The molecule has 4 aromatic carbocycles. The first-order valence-corrected chi connectivity index (χ1v) is 10.6. The molecule has 5 heteroatoms. The standard InChI is InChI=1S/C29H22O5/c1-33-24-17-8-6-13-20(24)28(31)23-16-10-15-22(27(30)19-11-4-3-5-12-19)26(23)29(32)21-14-7-9-18-25(21)34-2/h3-18H,1-2H3. The maximum Gasteiger partial charge on any atom is 0.198 e. The van der Waals surface area contributed by atoms with Crippen molar-refractivity contribution in [1.29, 1.82) is 0 Å². The molecule has 0 heterocycles. The van der Waals surface area contributed by atoms with Gasteiger partial charge in [-0.25, -0.2) is 0 Å². The number of hydrogen-bond donors (Lipinski definition) is 0. The Hall–Kier alpha value is -4.51. The molecule has 0 aromatic heterocycles. The van der Waals surface area contributed by atoms with Crippen molar-refractivity contribution < 1.29 is 23.9 Å². The van der Waals surface area contributed by atoms with Gasteiger partial charge in [0.1, 0.15) is 11.5 Å². The van der Waals surface area contributed by atoms with E-state index in [2.05, 4.69) is 0 Å². The highest BCUT2D eigenvalue weighted by Crippen LogP contribution is 2.30. The van der Waals surface area contributed by atoms with Crippen LogP contribution in [-0.4, -0.2) is 31.6 Å². The number of rotatable bonds is 8. The highest BCUT2D eigenvalue weighted by Gasteiger charge is 2.28. The summed E-state index contributed by atoms with van der Waals surface area (Å²) in [6, 6.07) is 26.9. The zero-order chi connectivity index (χ0) is 24.1. The average molecular weight is 450 g/mol. The summed E-state index contributed by atoms with van der Waals surface area (Å²) in [5.41, 5.74) is 1.25. The van der Waals surface area contributed by atoms with Crippen LogP contribution < -0.4 is 9.47 Å². The molecule has 4 rings (SSSR count). The monoisotopic (exact) mass is 450 g/mol. The van der Waals surface area contributed by atoms with Gasteiger partial charge in [-0.05, 0) is 24.3 Å². The molecular formula is C29H22O5. The maximum absolute atomic E-state index is 13.9. The van der Waals surface area contributed by atoms with Gasteiger partial charge in [0, 0.05) is 22.3 Å². The Morgan fingerprint density at radius 1 is 0.471 bits per heavy atom. The van der Waals surface area contributed by atoms with Gasteiger partial charge in [0.2, 0.25) is 0 Å². The van der Waals surface area contributed by atoms with Crippen LogP contribution in [0.15, 0.2) is 97.1 Å². The quantitative estimate of drug-likeness (QED) is 0.336. The molecule has 0 radical (unpaired) electrons. The van der Waals surface area contributed by atoms with Gasteiger partial charge in [0.25, 0.3) is 0 Å². The lowest BCUT2D eigenvalue weighted by Gasteiger charge is -2.16. The van der Waals surface area contributed by atoms with Crippen LogP contribution in [0.2, 0.25) is 0 Å². The third-order valence-corrected chi connectivity index (χ3v) is 5.52. The van der Waals surface area contributed by atoms with Crippen molar-refractivity contribution in [2.75, 3.05) is 14.2 Å². The average Bonchev–Trinajstić information content (AvgIpc) is 2.91. The van der Waals surface area contributed by atoms with E-state index >= 15 is 0 Å². The van der Waals surface area contributed by atoms with E-state index in [0.29, 0.717) is 22.6 Å². The van der Waals surface area contributed by atoms with Gasteiger partial charge < -0.3 is 9.47 Å². The molecule has 0 aliphatic heterocycles. The largest absolute Gasteiger partial charge is 0.496 e. The van der Waals surface area contributed by atoms with Gasteiger partial charge in [-0.1, -0.05) is 72.8 Å². The van der Waals surface area contributed by atoms with E-state index in [1.807, 2.05) is 0 Å². The van der Waals surface area contributed by atoms with Crippen LogP contribution in [0.3, 0.4) is 0 Å². The number of benzene rings is 4. The molecule has 0 atom stereocenters. The molecule has 0 fully saturated rings. The molecule has 0 aliphatic rings. The lowest BCUT2D eigenvalue weighted by molar-refractivity contribution is 0.0988. The number of carbonyl (C=O) groups is 3. The Labute approximate surface area is 197 Å². The Morgan fingerprint density at radius 2 is 0.912 bits per heavy atom. The van der Waals surface area contributed by atoms with Crippen LogP contribution >= 0.6 is 0 Å². The third-order valence-electron chi connectivity index (χ3n) is 5.52. The minimum Gasteiger partial charge on any atom is -0.496 e. The summed E-state index contributed by atoms with van der Waals surface area (Å²) in [5, 5.41) is 0. The normalized spacial score (nSPS) is 10.4. The fourth-order valence-corrected chi connectivity index (χ4v) is 3.86. The Kier molecular flexibility index (Phi) is 6.64. The van der Waals surface area contributed by atoms with Crippen molar-refractivity contribution in [2.45, 2.75) is 0 Å². The molecule has 0 N–H and O–H groups in total. The number of para-hydroxylation sites is 2. The molecule has 0 saturated carbocycles. The van der Waals surface area contributed by atoms with Gasteiger partial charge in [-0.3, -0.25) is 14.4 Å². The van der Waals surface area contributed by atoms with Crippen molar-refractivity contribution in [3.05, 3.63) is 130 Å². The first-order valence-electron chi connectivity index (χ1n) is 10.6. The highest BCUT2D eigenvalue weighted by molar-refractivity contribution is 6.26. The van der Waals surface area contributed by atoms with Crippen molar-refractivity contribution >= 4 is 17.3 Å². The number of hydrogen-bond acceptors (Lipinski definition) is 5. The van der Waals surface area contributed by atoms with Gasteiger partial charge in [0.15, 0.2) is 17.3 Å². The number of ether oxygens (including phenoxy) is 2. The van der Waals surface area contributed by atoms with Crippen LogP contribution in [0.1, 0.15) is 47.8 Å². The smallest absolute Gasteiger partial charge is 0.198 e. The van der Waals surface area contributed by atoms with Crippen LogP contribution in [-0.2, 0) is 0 Å².